The molecule has 2 aromatic carbocycles. The Bertz CT molecular complexity index is 830. The third-order valence-corrected chi connectivity index (χ3v) is 3.74. The van der Waals surface area contributed by atoms with Crippen LogP contribution in [0.4, 0.5) is 14.5 Å². The molecule has 0 saturated carbocycles. The van der Waals surface area contributed by atoms with Crippen molar-refractivity contribution in [3.05, 3.63) is 53.1 Å². The second-order valence-electron chi connectivity index (χ2n) is 5.75. The summed E-state index contributed by atoms with van der Waals surface area (Å²) in [4.78, 5) is 23.8. The summed E-state index contributed by atoms with van der Waals surface area (Å²) in [5.41, 5.74) is 1.28. The Morgan fingerprint density at radius 2 is 1.79 bits per heavy atom. The molecule has 0 aliphatic rings. The van der Waals surface area contributed by atoms with Crippen LogP contribution in [0.3, 0.4) is 0 Å². The summed E-state index contributed by atoms with van der Waals surface area (Å²) in [5, 5.41) is 2.33. The van der Waals surface area contributed by atoms with Gasteiger partial charge in [0.05, 0.1) is 5.02 Å². The number of amides is 1. The number of rotatable bonds is 8. The third-order valence-electron chi connectivity index (χ3n) is 3.44. The fourth-order valence-electron chi connectivity index (χ4n) is 2.09. The zero-order valence-electron chi connectivity index (χ0n) is 15.1. The van der Waals surface area contributed by atoms with Crippen molar-refractivity contribution >= 4 is 29.2 Å². The van der Waals surface area contributed by atoms with E-state index in [-0.39, 0.29) is 16.5 Å². The summed E-state index contributed by atoms with van der Waals surface area (Å²) >= 11 is 5.80. The normalized spacial score (nSPS) is 11.6. The van der Waals surface area contributed by atoms with Gasteiger partial charge in [-0.15, -0.1) is 0 Å². The fraction of sp³-hybridized carbons (Fsp3) is 0.263. The minimum absolute atomic E-state index is 0.102. The molecule has 0 bridgehead atoms. The maximum atomic E-state index is 12.2. The summed E-state index contributed by atoms with van der Waals surface area (Å²) in [7, 11) is 0. The minimum Gasteiger partial charge on any atom is -0.479 e. The number of benzene rings is 2. The molecule has 0 spiro atoms. The molecule has 0 aliphatic heterocycles. The van der Waals surface area contributed by atoms with Gasteiger partial charge in [-0.05, 0) is 44.2 Å². The van der Waals surface area contributed by atoms with E-state index in [9.17, 15) is 18.4 Å². The molecule has 1 amide bonds. The van der Waals surface area contributed by atoms with Crippen molar-refractivity contribution in [2.45, 2.75) is 26.6 Å². The van der Waals surface area contributed by atoms with E-state index in [0.29, 0.717) is 5.75 Å². The Morgan fingerprint density at radius 3 is 2.39 bits per heavy atom. The van der Waals surface area contributed by atoms with Crippen LogP contribution in [-0.2, 0) is 14.3 Å². The SMILES string of the molecule is Cc1ccc(OC(C)C(=O)OCC(=O)Nc2ccc(OC(F)F)c(Cl)c2)cc1. The molecule has 2 aromatic rings. The molecule has 0 heterocycles. The topological polar surface area (TPSA) is 73.9 Å². The van der Waals surface area contributed by atoms with E-state index in [1.807, 2.05) is 19.1 Å². The van der Waals surface area contributed by atoms with Gasteiger partial charge in [0.15, 0.2) is 12.7 Å². The second-order valence-corrected chi connectivity index (χ2v) is 6.16. The number of nitrogens with one attached hydrogen (secondary N) is 1. The standard InChI is InChI=1S/C19H18ClF2NO5/c1-11-3-6-14(7-4-11)27-12(2)18(25)26-10-17(24)23-13-5-8-16(15(20)9-13)28-19(21)22/h3-9,12,19H,10H2,1-2H3,(H,23,24). The Hall–Kier alpha value is -2.87. The highest BCUT2D eigenvalue weighted by atomic mass is 35.5. The van der Waals surface area contributed by atoms with Crippen molar-refractivity contribution in [1.82, 2.24) is 0 Å². The molecule has 1 unspecified atom stereocenters. The van der Waals surface area contributed by atoms with E-state index in [4.69, 9.17) is 21.1 Å². The Labute approximate surface area is 165 Å². The summed E-state index contributed by atoms with van der Waals surface area (Å²) in [5.74, 6) is -1.06. The Kier molecular flexibility index (Phi) is 7.57. The summed E-state index contributed by atoms with van der Waals surface area (Å²) in [6.45, 7) is -0.136. The highest BCUT2D eigenvalue weighted by Crippen LogP contribution is 2.28. The maximum absolute atomic E-state index is 12.2. The highest BCUT2D eigenvalue weighted by molar-refractivity contribution is 6.32. The Balaban J connectivity index is 1.82. The number of halogens is 3. The van der Waals surface area contributed by atoms with Crippen molar-refractivity contribution in [2.75, 3.05) is 11.9 Å². The molecule has 6 nitrogen and oxygen atoms in total. The van der Waals surface area contributed by atoms with E-state index >= 15 is 0 Å². The number of esters is 1. The molecule has 1 atom stereocenters. The first-order chi connectivity index (χ1) is 13.2. The predicted molar refractivity (Wildman–Crippen MR) is 98.9 cm³/mol. The lowest BCUT2D eigenvalue weighted by atomic mass is 10.2. The molecule has 2 rings (SSSR count). The van der Waals surface area contributed by atoms with Gasteiger partial charge in [-0.3, -0.25) is 4.79 Å². The first-order valence-corrected chi connectivity index (χ1v) is 8.56. The lowest BCUT2D eigenvalue weighted by Gasteiger charge is -2.14. The van der Waals surface area contributed by atoms with Crippen LogP contribution in [0, 0.1) is 6.92 Å². The number of ether oxygens (including phenoxy) is 3. The molecule has 0 radical (unpaired) electrons. The predicted octanol–water partition coefficient (Wildman–Crippen LogP) is 4.20. The van der Waals surface area contributed by atoms with Crippen molar-refractivity contribution in [1.29, 1.82) is 0 Å². The van der Waals surface area contributed by atoms with Crippen molar-refractivity contribution in [2.24, 2.45) is 0 Å². The number of carbonyl (C=O) groups is 2. The van der Waals surface area contributed by atoms with Crippen LogP contribution in [0.5, 0.6) is 11.5 Å². The lowest BCUT2D eigenvalue weighted by Crippen LogP contribution is -2.29. The quantitative estimate of drug-likeness (QED) is 0.656. The first kappa shape index (κ1) is 21.4. The zero-order chi connectivity index (χ0) is 20.7. The van der Waals surface area contributed by atoms with Crippen molar-refractivity contribution < 1.29 is 32.6 Å². The summed E-state index contributed by atoms with van der Waals surface area (Å²) in [6.07, 6.45) is -0.907. The van der Waals surface area contributed by atoms with Gasteiger partial charge in [0, 0.05) is 5.69 Å². The van der Waals surface area contributed by atoms with Crippen molar-refractivity contribution in [3.8, 4) is 11.5 Å². The number of carbonyl (C=O) groups excluding carboxylic acids is 2. The zero-order valence-corrected chi connectivity index (χ0v) is 15.8. The van der Waals surface area contributed by atoms with E-state index in [1.54, 1.807) is 12.1 Å². The highest BCUT2D eigenvalue weighted by Gasteiger charge is 2.18. The fourth-order valence-corrected chi connectivity index (χ4v) is 2.32. The monoisotopic (exact) mass is 413 g/mol. The van der Waals surface area contributed by atoms with Crippen LogP contribution >= 0.6 is 11.6 Å². The molecule has 0 saturated heterocycles. The van der Waals surface area contributed by atoms with Crippen LogP contribution in [0.2, 0.25) is 5.02 Å². The van der Waals surface area contributed by atoms with Crippen LogP contribution in [-0.4, -0.2) is 31.2 Å². The number of hydrogen-bond donors (Lipinski definition) is 1. The summed E-state index contributed by atoms with van der Waals surface area (Å²) in [6, 6.07) is 10.9. The summed E-state index contributed by atoms with van der Waals surface area (Å²) < 4.78 is 39.0. The number of anilines is 1. The second kappa shape index (κ2) is 9.89. The van der Waals surface area contributed by atoms with Crippen LogP contribution in [0.1, 0.15) is 12.5 Å². The van der Waals surface area contributed by atoms with E-state index < -0.39 is 31.2 Å². The molecule has 28 heavy (non-hydrogen) atoms. The lowest BCUT2D eigenvalue weighted by molar-refractivity contribution is -0.153. The molecule has 9 heteroatoms. The van der Waals surface area contributed by atoms with Gasteiger partial charge in [0.1, 0.15) is 11.5 Å². The van der Waals surface area contributed by atoms with Gasteiger partial charge in [-0.1, -0.05) is 29.3 Å². The average Bonchev–Trinajstić information content (AvgIpc) is 2.63. The Morgan fingerprint density at radius 1 is 1.11 bits per heavy atom. The van der Waals surface area contributed by atoms with Crippen LogP contribution < -0.4 is 14.8 Å². The van der Waals surface area contributed by atoms with Gasteiger partial charge >= 0.3 is 12.6 Å². The number of hydrogen-bond acceptors (Lipinski definition) is 5. The van der Waals surface area contributed by atoms with E-state index in [0.717, 1.165) is 5.56 Å². The average molecular weight is 414 g/mol. The van der Waals surface area contributed by atoms with Gasteiger partial charge < -0.3 is 19.5 Å². The van der Waals surface area contributed by atoms with Crippen LogP contribution in [0.15, 0.2) is 42.5 Å². The third kappa shape index (κ3) is 6.70. The molecule has 0 fully saturated rings. The molecule has 0 aliphatic carbocycles. The van der Waals surface area contributed by atoms with Gasteiger partial charge in [-0.2, -0.15) is 8.78 Å². The van der Waals surface area contributed by atoms with Gasteiger partial charge in [0.2, 0.25) is 0 Å². The van der Waals surface area contributed by atoms with E-state index in [2.05, 4.69) is 10.1 Å². The minimum atomic E-state index is -3.01. The van der Waals surface area contributed by atoms with Gasteiger partial charge in [0.25, 0.3) is 5.91 Å². The molecular formula is C19H18ClF2NO5. The smallest absolute Gasteiger partial charge is 0.387 e. The molecule has 0 aromatic heterocycles. The van der Waals surface area contributed by atoms with E-state index in [1.165, 1.54) is 25.1 Å². The number of aryl methyl sites for hydroxylation is 1. The molecule has 150 valence electrons. The maximum Gasteiger partial charge on any atom is 0.387 e. The largest absolute Gasteiger partial charge is 0.479 e. The molecular weight excluding hydrogens is 396 g/mol. The van der Waals surface area contributed by atoms with Crippen LogP contribution in [0.25, 0.3) is 0 Å². The van der Waals surface area contributed by atoms with Crippen molar-refractivity contribution in [3.63, 3.8) is 0 Å². The van der Waals surface area contributed by atoms with Gasteiger partial charge in [-0.25, -0.2) is 4.79 Å². The number of alkyl halides is 2. The first-order valence-electron chi connectivity index (χ1n) is 8.19. The molecule has 1 N–H and O–H groups in total.